The molecule has 5 rings (SSSR count). The zero-order valence-corrected chi connectivity index (χ0v) is 18.1. The molecule has 156 valence electrons. The molecule has 2 aromatic carbocycles. The topological polar surface area (TPSA) is 56.8 Å². The third-order valence-corrected chi connectivity index (χ3v) is 6.93. The molecule has 30 heavy (non-hydrogen) atoms. The molecule has 1 N–H and O–H groups in total. The standard InChI is InChI=1S/C24H28BNO4/c1-15-16(2)21-20(14-19(15)17-10-11-17)30-24(25-28-12-13-29-25,18-8-6-5-7-9-18)23(3,4)26-22(21)27/h5-9,14,17H,10-13H2,1-4H3,(H,26,27). The number of hydrogen-bond donors (Lipinski definition) is 1. The van der Waals surface area contributed by atoms with Crippen LogP contribution < -0.4 is 10.1 Å². The van der Waals surface area contributed by atoms with Crippen LogP contribution in [0.2, 0.25) is 0 Å². The van der Waals surface area contributed by atoms with Crippen LogP contribution in [-0.4, -0.2) is 31.8 Å². The van der Waals surface area contributed by atoms with Gasteiger partial charge in [-0.2, -0.15) is 0 Å². The molecule has 0 radical (unpaired) electrons. The van der Waals surface area contributed by atoms with Crippen molar-refractivity contribution in [3.05, 3.63) is 64.2 Å². The smallest absolute Gasteiger partial charge is 0.481 e. The molecule has 0 bridgehead atoms. The third kappa shape index (κ3) is 2.81. The molecule has 0 aromatic heterocycles. The van der Waals surface area contributed by atoms with Crippen molar-refractivity contribution >= 4 is 13.0 Å². The van der Waals surface area contributed by atoms with Gasteiger partial charge in [-0.3, -0.25) is 4.79 Å². The van der Waals surface area contributed by atoms with E-state index < -0.39 is 18.2 Å². The lowest BCUT2D eigenvalue weighted by Gasteiger charge is -2.45. The van der Waals surface area contributed by atoms with E-state index in [1.165, 1.54) is 24.0 Å². The van der Waals surface area contributed by atoms with Crippen LogP contribution in [0.25, 0.3) is 0 Å². The number of benzene rings is 2. The van der Waals surface area contributed by atoms with Crippen LogP contribution in [0.1, 0.15) is 65.2 Å². The molecule has 1 saturated heterocycles. The Morgan fingerprint density at radius 3 is 2.33 bits per heavy atom. The fourth-order valence-corrected chi connectivity index (χ4v) is 5.01. The largest absolute Gasteiger partial charge is 0.511 e. The minimum absolute atomic E-state index is 0.117. The van der Waals surface area contributed by atoms with Crippen molar-refractivity contribution in [2.75, 3.05) is 13.2 Å². The molecule has 3 aliphatic rings. The second-order valence-electron chi connectivity index (χ2n) is 9.22. The van der Waals surface area contributed by atoms with Crippen molar-refractivity contribution in [1.82, 2.24) is 5.32 Å². The van der Waals surface area contributed by atoms with Gasteiger partial charge in [-0.25, -0.2) is 0 Å². The number of carbonyl (C=O) groups is 1. The molecule has 1 aliphatic carbocycles. The van der Waals surface area contributed by atoms with E-state index in [2.05, 4.69) is 18.3 Å². The number of carbonyl (C=O) groups excluding carboxylic acids is 1. The summed E-state index contributed by atoms with van der Waals surface area (Å²) in [5.41, 5.74) is 3.16. The van der Waals surface area contributed by atoms with Gasteiger partial charge in [-0.05, 0) is 74.8 Å². The molecule has 1 unspecified atom stereocenters. The first-order valence-electron chi connectivity index (χ1n) is 10.8. The zero-order chi connectivity index (χ0) is 21.1. The Kier molecular flexibility index (Phi) is 4.49. The predicted octanol–water partition coefficient (Wildman–Crippen LogP) is 4.05. The molecule has 1 amide bonds. The Morgan fingerprint density at radius 2 is 1.70 bits per heavy atom. The minimum atomic E-state index is -1.03. The Morgan fingerprint density at radius 1 is 1.03 bits per heavy atom. The quantitative estimate of drug-likeness (QED) is 0.783. The van der Waals surface area contributed by atoms with Gasteiger partial charge in [0.1, 0.15) is 5.75 Å². The van der Waals surface area contributed by atoms with Crippen LogP contribution in [0.15, 0.2) is 36.4 Å². The van der Waals surface area contributed by atoms with Gasteiger partial charge < -0.3 is 19.4 Å². The highest BCUT2D eigenvalue weighted by Gasteiger charge is 2.63. The van der Waals surface area contributed by atoms with E-state index in [0.717, 1.165) is 11.1 Å². The molecule has 0 spiro atoms. The second-order valence-corrected chi connectivity index (χ2v) is 9.22. The average molecular weight is 405 g/mol. The molecule has 2 heterocycles. The monoisotopic (exact) mass is 405 g/mol. The van der Waals surface area contributed by atoms with Crippen LogP contribution >= 0.6 is 0 Å². The highest BCUT2D eigenvalue weighted by atomic mass is 16.7. The summed E-state index contributed by atoms with van der Waals surface area (Å²) in [4.78, 5) is 13.5. The number of hydrogen-bond acceptors (Lipinski definition) is 4. The summed E-state index contributed by atoms with van der Waals surface area (Å²) in [6.45, 7) is 9.10. The van der Waals surface area contributed by atoms with Crippen LogP contribution in [0.4, 0.5) is 0 Å². The van der Waals surface area contributed by atoms with Crippen molar-refractivity contribution in [2.45, 2.75) is 57.5 Å². The van der Waals surface area contributed by atoms with Gasteiger partial charge in [0, 0.05) is 0 Å². The first-order chi connectivity index (χ1) is 14.3. The highest BCUT2D eigenvalue weighted by Crippen LogP contribution is 2.49. The summed E-state index contributed by atoms with van der Waals surface area (Å²) in [7, 11) is -0.632. The van der Waals surface area contributed by atoms with E-state index in [-0.39, 0.29) is 5.91 Å². The lowest BCUT2D eigenvalue weighted by Crippen LogP contribution is -2.67. The molecule has 6 heteroatoms. The minimum Gasteiger partial charge on any atom is -0.481 e. The summed E-state index contributed by atoms with van der Waals surface area (Å²) >= 11 is 0. The van der Waals surface area contributed by atoms with Gasteiger partial charge in [-0.1, -0.05) is 30.3 Å². The fraction of sp³-hybridized carbons (Fsp3) is 0.458. The molecule has 1 atom stereocenters. The summed E-state index contributed by atoms with van der Waals surface area (Å²) in [6.07, 6.45) is 2.38. The molecule has 5 nitrogen and oxygen atoms in total. The van der Waals surface area contributed by atoms with E-state index in [0.29, 0.717) is 30.4 Å². The number of fused-ring (bicyclic) bond motifs is 1. The van der Waals surface area contributed by atoms with E-state index in [1.54, 1.807) is 0 Å². The number of rotatable bonds is 3. The number of nitrogens with one attached hydrogen (secondary N) is 1. The van der Waals surface area contributed by atoms with E-state index in [4.69, 9.17) is 14.0 Å². The van der Waals surface area contributed by atoms with Gasteiger partial charge in [0.2, 0.25) is 0 Å². The van der Waals surface area contributed by atoms with E-state index in [9.17, 15) is 4.79 Å². The van der Waals surface area contributed by atoms with Crippen molar-refractivity contribution in [3.63, 3.8) is 0 Å². The van der Waals surface area contributed by atoms with Gasteiger partial charge >= 0.3 is 7.12 Å². The average Bonchev–Trinajstić information content (AvgIpc) is 3.43. The molecule has 2 aliphatic heterocycles. The molecular weight excluding hydrogens is 377 g/mol. The summed E-state index contributed by atoms with van der Waals surface area (Å²) < 4.78 is 19.0. The normalized spacial score (nSPS) is 25.3. The van der Waals surface area contributed by atoms with Gasteiger partial charge in [0.05, 0.1) is 24.3 Å². The maximum Gasteiger partial charge on any atom is 0.511 e. The molecular formula is C24H28BNO4. The Bertz CT molecular complexity index is 996. The van der Waals surface area contributed by atoms with Crippen LogP contribution in [0, 0.1) is 13.8 Å². The third-order valence-electron chi connectivity index (χ3n) is 6.93. The van der Waals surface area contributed by atoms with Crippen molar-refractivity contribution in [3.8, 4) is 5.75 Å². The first kappa shape index (κ1) is 19.6. The summed E-state index contributed by atoms with van der Waals surface area (Å²) in [6, 6.07) is 12.1. The summed E-state index contributed by atoms with van der Waals surface area (Å²) in [5, 5.41) is 3.25. The lowest BCUT2D eigenvalue weighted by atomic mass is 9.54. The van der Waals surface area contributed by atoms with E-state index >= 15 is 0 Å². The Labute approximate surface area is 178 Å². The van der Waals surface area contributed by atoms with Gasteiger partial charge in [-0.15, -0.1) is 0 Å². The Balaban J connectivity index is 1.76. The molecule has 1 saturated carbocycles. The maximum atomic E-state index is 13.5. The highest BCUT2D eigenvalue weighted by molar-refractivity contribution is 6.49. The van der Waals surface area contributed by atoms with Crippen molar-refractivity contribution in [1.29, 1.82) is 0 Å². The number of amides is 1. The molecule has 2 fully saturated rings. The summed E-state index contributed by atoms with van der Waals surface area (Å²) in [5.74, 6) is 1.06. The Hall–Kier alpha value is -2.31. The SMILES string of the molecule is Cc1c(C2CC2)cc2c(c1C)C(=O)NC(C)(C)C(B1OCCO1)(c1ccccc1)O2. The van der Waals surface area contributed by atoms with E-state index in [1.807, 2.05) is 51.1 Å². The lowest BCUT2D eigenvalue weighted by molar-refractivity contribution is 0.0301. The zero-order valence-electron chi connectivity index (χ0n) is 18.1. The van der Waals surface area contributed by atoms with Crippen molar-refractivity contribution < 1.29 is 18.8 Å². The van der Waals surface area contributed by atoms with Crippen LogP contribution in [-0.2, 0) is 14.8 Å². The number of ether oxygens (including phenoxy) is 1. The van der Waals surface area contributed by atoms with Gasteiger partial charge in [0.15, 0.2) is 5.50 Å². The second kappa shape index (κ2) is 6.86. The van der Waals surface area contributed by atoms with Crippen LogP contribution in [0.5, 0.6) is 5.75 Å². The van der Waals surface area contributed by atoms with Crippen LogP contribution in [0.3, 0.4) is 0 Å². The first-order valence-corrected chi connectivity index (χ1v) is 10.8. The fourth-order valence-electron chi connectivity index (χ4n) is 5.01. The maximum absolute atomic E-state index is 13.5. The molecule has 2 aromatic rings. The van der Waals surface area contributed by atoms with Crippen molar-refractivity contribution in [2.24, 2.45) is 0 Å². The van der Waals surface area contributed by atoms with Gasteiger partial charge in [0.25, 0.3) is 5.91 Å². The predicted molar refractivity (Wildman–Crippen MR) is 116 cm³/mol.